The second-order valence-electron chi connectivity index (χ2n) is 7.62. The highest BCUT2D eigenvalue weighted by atomic mass is 79.9. The van der Waals surface area contributed by atoms with Gasteiger partial charge in [0.25, 0.3) is 5.91 Å². The smallest absolute Gasteiger partial charge is 0.253 e. The molecule has 0 saturated heterocycles. The molecule has 0 aliphatic rings. The van der Waals surface area contributed by atoms with Crippen molar-refractivity contribution in [2.24, 2.45) is 0 Å². The van der Waals surface area contributed by atoms with Gasteiger partial charge in [0.15, 0.2) is 5.82 Å². The van der Waals surface area contributed by atoms with Gasteiger partial charge in [0, 0.05) is 10.9 Å². The van der Waals surface area contributed by atoms with Crippen molar-refractivity contribution < 1.29 is 17.9 Å². The molecule has 35 heavy (non-hydrogen) atoms. The lowest BCUT2D eigenvalue weighted by molar-refractivity contribution is 0.0940. The summed E-state index contributed by atoms with van der Waals surface area (Å²) in [6, 6.07) is 19.6. The molecule has 0 saturated carbocycles. The van der Waals surface area contributed by atoms with Crippen molar-refractivity contribution in [3.05, 3.63) is 105 Å². The zero-order valence-corrected chi connectivity index (χ0v) is 21.6. The summed E-state index contributed by atoms with van der Waals surface area (Å²) in [4.78, 5) is 13.2. The van der Waals surface area contributed by atoms with Crippen molar-refractivity contribution in [1.82, 2.24) is 14.1 Å². The zero-order valence-electron chi connectivity index (χ0n) is 18.4. The molecule has 3 aromatic carbocycles. The van der Waals surface area contributed by atoms with Crippen LogP contribution in [-0.4, -0.2) is 23.4 Å². The predicted molar refractivity (Wildman–Crippen MR) is 137 cm³/mol. The van der Waals surface area contributed by atoms with E-state index in [-0.39, 0.29) is 22.9 Å². The highest BCUT2D eigenvalue weighted by Crippen LogP contribution is 2.34. The van der Waals surface area contributed by atoms with Crippen LogP contribution in [0.4, 0.5) is 15.9 Å². The number of anilines is 2. The molecule has 1 amide bonds. The maximum absolute atomic E-state index is 13.3. The quantitative estimate of drug-likeness (QED) is 0.282. The third-order valence-corrected chi connectivity index (χ3v) is 6.95. The zero-order chi connectivity index (χ0) is 24.9. The molecule has 4 aromatic rings. The van der Waals surface area contributed by atoms with E-state index in [2.05, 4.69) is 30.0 Å². The fourth-order valence-electron chi connectivity index (χ4n) is 3.50. The van der Waals surface area contributed by atoms with Crippen molar-refractivity contribution in [2.75, 3.05) is 4.31 Å². The highest BCUT2D eigenvalue weighted by Gasteiger charge is 2.25. The van der Waals surface area contributed by atoms with Crippen molar-refractivity contribution >= 4 is 56.3 Å². The van der Waals surface area contributed by atoms with Crippen LogP contribution in [0.25, 0.3) is 0 Å². The molecule has 7 nitrogen and oxygen atoms in total. The summed E-state index contributed by atoms with van der Waals surface area (Å²) in [7, 11) is 0. The number of rotatable bonds is 8. The van der Waals surface area contributed by atoms with Crippen molar-refractivity contribution in [2.45, 2.75) is 19.4 Å². The molecule has 0 spiro atoms. The summed E-state index contributed by atoms with van der Waals surface area (Å²) in [6.45, 7) is 1.76. The predicted octanol–water partition coefficient (Wildman–Crippen LogP) is 5.45. The SMILES string of the molecule is CC(NC(=O)c1ccc(Br)cc1N(c1nsnc1Cc1ccccc1)S(=O)[O-])c1ccc(F)cc1. The van der Waals surface area contributed by atoms with Crippen molar-refractivity contribution in [3.63, 3.8) is 0 Å². The topological polar surface area (TPSA) is 98.2 Å². The van der Waals surface area contributed by atoms with E-state index in [1.165, 1.54) is 18.2 Å². The normalized spacial score (nSPS) is 12.7. The van der Waals surface area contributed by atoms with E-state index in [1.54, 1.807) is 31.2 Å². The van der Waals surface area contributed by atoms with Crippen molar-refractivity contribution in [3.8, 4) is 0 Å². The summed E-state index contributed by atoms with van der Waals surface area (Å²) in [5, 5.41) is 2.85. The number of carbonyl (C=O) groups excluding carboxylic acids is 1. The second-order valence-corrected chi connectivity index (χ2v) is 9.86. The van der Waals surface area contributed by atoms with E-state index < -0.39 is 23.2 Å². The average Bonchev–Trinajstić information content (AvgIpc) is 3.27. The van der Waals surface area contributed by atoms with Crippen LogP contribution < -0.4 is 9.62 Å². The first-order valence-corrected chi connectivity index (χ1v) is 13.0. The first kappa shape index (κ1) is 25.1. The van der Waals surface area contributed by atoms with Crippen LogP contribution in [0.15, 0.2) is 77.3 Å². The van der Waals surface area contributed by atoms with Gasteiger partial charge in [0.2, 0.25) is 0 Å². The first-order chi connectivity index (χ1) is 16.8. The van der Waals surface area contributed by atoms with E-state index in [1.807, 2.05) is 30.3 Å². The Hall–Kier alpha value is -2.99. The lowest BCUT2D eigenvalue weighted by atomic mass is 10.1. The van der Waals surface area contributed by atoms with Gasteiger partial charge in [0.1, 0.15) is 11.5 Å². The van der Waals surface area contributed by atoms with Crippen LogP contribution in [0.1, 0.15) is 40.1 Å². The second kappa shape index (κ2) is 11.2. The summed E-state index contributed by atoms with van der Waals surface area (Å²) < 4.78 is 48.3. The summed E-state index contributed by atoms with van der Waals surface area (Å²) in [5.74, 6) is -0.738. The minimum atomic E-state index is -2.79. The molecule has 2 unspecified atom stereocenters. The Kier molecular flexibility index (Phi) is 8.01. The Labute approximate surface area is 216 Å². The number of halogens is 2. The molecule has 1 heterocycles. The largest absolute Gasteiger partial charge is 0.755 e. The van der Waals surface area contributed by atoms with E-state index in [9.17, 15) is 17.9 Å². The minimum Gasteiger partial charge on any atom is -0.755 e. The molecule has 0 fully saturated rings. The molecule has 4 rings (SSSR count). The molecule has 1 N–H and O–H groups in total. The first-order valence-electron chi connectivity index (χ1n) is 10.4. The highest BCUT2D eigenvalue weighted by molar-refractivity contribution is 9.10. The van der Waals surface area contributed by atoms with Gasteiger partial charge in [0.05, 0.1) is 40.3 Å². The van der Waals surface area contributed by atoms with E-state index in [0.29, 0.717) is 22.2 Å². The van der Waals surface area contributed by atoms with Gasteiger partial charge in [-0.2, -0.15) is 8.75 Å². The van der Waals surface area contributed by atoms with Gasteiger partial charge in [-0.25, -0.2) is 4.39 Å². The number of nitrogens with one attached hydrogen (secondary N) is 1. The van der Waals surface area contributed by atoms with E-state index >= 15 is 0 Å². The Bertz CT molecular complexity index is 1350. The van der Waals surface area contributed by atoms with Gasteiger partial charge in [-0.3, -0.25) is 13.3 Å². The molecule has 0 bridgehead atoms. The number of nitrogens with zero attached hydrogens (tertiary/aromatic N) is 3. The number of carbonyl (C=O) groups is 1. The van der Waals surface area contributed by atoms with Gasteiger partial charge >= 0.3 is 0 Å². The van der Waals surface area contributed by atoms with Crippen LogP contribution in [0.2, 0.25) is 0 Å². The molecule has 0 aliphatic heterocycles. The fourth-order valence-corrected chi connectivity index (χ4v) is 5.05. The Morgan fingerprint density at radius 1 is 1.14 bits per heavy atom. The van der Waals surface area contributed by atoms with E-state index in [4.69, 9.17) is 0 Å². The Morgan fingerprint density at radius 3 is 2.54 bits per heavy atom. The van der Waals surface area contributed by atoms with Crippen LogP contribution in [0, 0.1) is 5.82 Å². The van der Waals surface area contributed by atoms with Gasteiger partial charge < -0.3 is 9.87 Å². The Balaban J connectivity index is 1.69. The molecular formula is C24H19BrFN4O3S2-. The summed E-state index contributed by atoms with van der Waals surface area (Å²) in [5.41, 5.74) is 2.37. The molecular weight excluding hydrogens is 555 g/mol. The average molecular weight is 574 g/mol. The molecule has 180 valence electrons. The fraction of sp³-hybridized carbons (Fsp3) is 0.125. The number of hydrogen-bond acceptors (Lipinski definition) is 6. The van der Waals surface area contributed by atoms with Crippen LogP contribution in [0.3, 0.4) is 0 Å². The van der Waals surface area contributed by atoms with Crippen LogP contribution in [-0.2, 0) is 17.7 Å². The van der Waals surface area contributed by atoms with Gasteiger partial charge in [-0.05, 0) is 48.4 Å². The maximum Gasteiger partial charge on any atom is 0.253 e. The number of amides is 1. The van der Waals surface area contributed by atoms with Crippen LogP contribution in [0.5, 0.6) is 0 Å². The summed E-state index contributed by atoms with van der Waals surface area (Å²) in [6.07, 6.45) is 0.373. The third-order valence-electron chi connectivity index (χ3n) is 5.23. The standard InChI is InChI=1S/C24H20BrFN4O3S2/c1-15(17-7-10-19(26)11-8-17)27-24(31)20-12-9-18(25)14-22(20)30(35(32)33)23-21(28-34-29-23)13-16-5-3-2-4-6-16/h2-12,14-15H,13H2,1H3,(H,27,31)(H,32,33)/p-1. The lowest BCUT2D eigenvalue weighted by Gasteiger charge is -2.27. The monoisotopic (exact) mass is 573 g/mol. The maximum atomic E-state index is 13.3. The number of hydrogen-bond donors (Lipinski definition) is 1. The minimum absolute atomic E-state index is 0.124. The molecule has 0 radical (unpaired) electrons. The van der Waals surface area contributed by atoms with Gasteiger partial charge in [-0.15, -0.1) is 0 Å². The number of benzene rings is 3. The molecule has 11 heteroatoms. The van der Waals surface area contributed by atoms with E-state index in [0.717, 1.165) is 21.6 Å². The molecule has 0 aliphatic carbocycles. The molecule has 1 aromatic heterocycles. The molecule has 2 atom stereocenters. The lowest BCUT2D eigenvalue weighted by Crippen LogP contribution is -2.30. The number of aromatic nitrogens is 2. The Morgan fingerprint density at radius 2 is 1.86 bits per heavy atom. The van der Waals surface area contributed by atoms with Crippen LogP contribution >= 0.6 is 27.7 Å². The van der Waals surface area contributed by atoms with Crippen molar-refractivity contribution in [1.29, 1.82) is 0 Å². The third kappa shape index (κ3) is 5.99. The summed E-state index contributed by atoms with van der Waals surface area (Å²) >= 11 is 1.47. The van der Waals surface area contributed by atoms with Gasteiger partial charge in [-0.1, -0.05) is 58.4 Å².